The van der Waals surface area contributed by atoms with Gasteiger partial charge < -0.3 is 19.1 Å². The van der Waals surface area contributed by atoms with Gasteiger partial charge in [0.2, 0.25) is 0 Å². The molecule has 0 saturated heterocycles. The summed E-state index contributed by atoms with van der Waals surface area (Å²) in [7, 11) is 0. The molecule has 0 amide bonds. The number of nitrogens with zero attached hydrogens (tertiary/aromatic N) is 3. The van der Waals surface area contributed by atoms with E-state index in [2.05, 4.69) is 269 Å². The van der Waals surface area contributed by atoms with E-state index < -0.39 is 0 Å². The van der Waals surface area contributed by atoms with Crippen LogP contribution in [0.2, 0.25) is 0 Å². The highest BCUT2D eigenvalue weighted by atomic mass is 32.1. The van der Waals surface area contributed by atoms with Crippen LogP contribution in [0.5, 0.6) is 0 Å². The molecular weight excluding hydrogens is 894 g/mol. The summed E-state index contributed by atoms with van der Waals surface area (Å²) in [5.74, 6) is 0. The SMILES string of the molecule is c1ccc(-c2cc3c4c(c2)N(c2ccccc2-c2ccccc2)c2c(c5oc6ccccc6c5c5c2sc2ccccc25)B4c2ccc(N(c4ccccc4)c4ccccc4)cc2N3c2ccccc2)cc1. The largest absolute Gasteiger partial charge is 0.456 e. The molecule has 0 unspecified atom stereocenters. The van der Waals surface area contributed by atoms with Gasteiger partial charge in [0.15, 0.2) is 0 Å². The molecule has 0 N–H and O–H groups in total. The normalized spacial score (nSPS) is 12.6. The maximum absolute atomic E-state index is 7.44. The van der Waals surface area contributed by atoms with Crippen molar-refractivity contribution in [1.82, 2.24) is 0 Å². The first-order chi connectivity index (χ1) is 35.8. The van der Waals surface area contributed by atoms with Crippen LogP contribution < -0.4 is 31.1 Å². The molecule has 2 aromatic heterocycles. The lowest BCUT2D eigenvalue weighted by atomic mass is 9.33. The van der Waals surface area contributed by atoms with E-state index in [-0.39, 0.29) is 6.71 Å². The second kappa shape index (κ2) is 16.2. The van der Waals surface area contributed by atoms with Crippen molar-refractivity contribution in [2.24, 2.45) is 0 Å². The third-order valence-corrected chi connectivity index (χ3v) is 16.0. The number of anilines is 9. The van der Waals surface area contributed by atoms with Crippen LogP contribution in [-0.4, -0.2) is 6.71 Å². The zero-order valence-corrected chi connectivity index (χ0v) is 39.8. The van der Waals surface area contributed by atoms with Crippen LogP contribution in [0.1, 0.15) is 0 Å². The Morgan fingerprint density at radius 2 is 0.986 bits per heavy atom. The smallest absolute Gasteiger partial charge is 0.257 e. The highest BCUT2D eigenvalue weighted by Gasteiger charge is 2.47. The molecular formula is C66H42BN3OS. The second-order valence-corrected chi connectivity index (χ2v) is 19.8. The van der Waals surface area contributed by atoms with Crippen molar-refractivity contribution >= 4 is 128 Å². The fourth-order valence-corrected chi connectivity index (χ4v) is 13.1. The number of fused-ring (bicyclic) bond motifs is 13. The van der Waals surface area contributed by atoms with Crippen LogP contribution in [0, 0.1) is 0 Å². The molecule has 336 valence electrons. The summed E-state index contributed by atoms with van der Waals surface area (Å²) in [6, 6.07) is 92.7. The predicted octanol–water partition coefficient (Wildman–Crippen LogP) is 16.8. The first kappa shape index (κ1) is 40.8. The summed E-state index contributed by atoms with van der Waals surface area (Å²) in [6.45, 7) is -0.224. The Morgan fingerprint density at radius 3 is 1.71 bits per heavy atom. The molecule has 0 aliphatic carbocycles. The first-order valence-corrected chi connectivity index (χ1v) is 25.4. The Balaban J connectivity index is 1.14. The summed E-state index contributed by atoms with van der Waals surface area (Å²) in [6.07, 6.45) is 0. The Hall–Kier alpha value is -9.10. The summed E-state index contributed by atoms with van der Waals surface area (Å²) in [5.41, 5.74) is 20.0. The highest BCUT2D eigenvalue weighted by molar-refractivity contribution is 7.27. The summed E-state index contributed by atoms with van der Waals surface area (Å²) in [5, 5.41) is 4.77. The third-order valence-electron chi connectivity index (χ3n) is 14.8. The number of benzene rings is 11. The standard InChI is InChI=1S/C66H42BN3OS/c1-6-22-43(23-7-1)45-40-56-62-57(41-45)70(54-35-19-16-32-50(54)44-24-8-2-9-25-44)64-63(65-60(51-33-17-20-36-58(51)71-65)61-52-34-18-21-37-59(52)72-66(61)64)67(62)53-39-38-49(42-55(53)69(56)48-30-14-5-15-31-48)68(46-26-10-3-11-27-46)47-28-12-4-13-29-47/h1-42H. The van der Waals surface area contributed by atoms with Crippen LogP contribution in [-0.2, 0) is 0 Å². The minimum absolute atomic E-state index is 0.224. The van der Waals surface area contributed by atoms with Gasteiger partial charge in [0.05, 0.1) is 16.1 Å². The molecule has 0 radical (unpaired) electrons. The topological polar surface area (TPSA) is 22.9 Å². The van der Waals surface area contributed by atoms with E-state index in [9.17, 15) is 0 Å². The monoisotopic (exact) mass is 935 g/mol. The summed E-state index contributed by atoms with van der Waals surface area (Å²) in [4.78, 5) is 7.51. The van der Waals surface area contributed by atoms with E-state index >= 15 is 0 Å². The zero-order valence-electron chi connectivity index (χ0n) is 39.0. The van der Waals surface area contributed by atoms with Crippen LogP contribution in [0.4, 0.5) is 51.2 Å². The minimum atomic E-state index is -0.224. The van der Waals surface area contributed by atoms with Crippen LogP contribution >= 0.6 is 11.3 Å². The van der Waals surface area contributed by atoms with Crippen molar-refractivity contribution < 1.29 is 4.42 Å². The molecule has 0 fully saturated rings. The first-order valence-electron chi connectivity index (χ1n) is 24.6. The highest BCUT2D eigenvalue weighted by Crippen LogP contribution is 2.54. The van der Waals surface area contributed by atoms with Gasteiger partial charge in [-0.1, -0.05) is 176 Å². The van der Waals surface area contributed by atoms with Crippen molar-refractivity contribution in [2.45, 2.75) is 0 Å². The van der Waals surface area contributed by atoms with Crippen molar-refractivity contribution in [3.63, 3.8) is 0 Å². The number of furan rings is 1. The molecule has 11 aromatic carbocycles. The molecule has 4 heterocycles. The van der Waals surface area contributed by atoms with Gasteiger partial charge in [-0.25, -0.2) is 0 Å². The number of thiophene rings is 1. The van der Waals surface area contributed by atoms with E-state index in [1.165, 1.54) is 41.9 Å². The van der Waals surface area contributed by atoms with Crippen LogP contribution in [0.25, 0.3) is 64.4 Å². The van der Waals surface area contributed by atoms with Gasteiger partial charge in [-0.3, -0.25) is 0 Å². The van der Waals surface area contributed by atoms with E-state index in [0.29, 0.717) is 0 Å². The molecule has 2 aliphatic rings. The van der Waals surface area contributed by atoms with Crippen molar-refractivity contribution in [3.8, 4) is 22.3 Å². The molecule has 4 nitrogen and oxygen atoms in total. The Bertz CT molecular complexity index is 4190. The Labute approximate surface area is 421 Å². The van der Waals surface area contributed by atoms with E-state index in [1.54, 1.807) is 0 Å². The molecule has 0 saturated carbocycles. The zero-order chi connectivity index (χ0) is 47.3. The molecule has 2 aliphatic heterocycles. The van der Waals surface area contributed by atoms with Gasteiger partial charge in [0.25, 0.3) is 6.71 Å². The van der Waals surface area contributed by atoms with E-state index in [0.717, 1.165) is 90.0 Å². The molecule has 13 aromatic rings. The lowest BCUT2D eigenvalue weighted by Gasteiger charge is -2.45. The summed E-state index contributed by atoms with van der Waals surface area (Å²) >= 11 is 1.89. The maximum atomic E-state index is 7.44. The molecule has 0 spiro atoms. The van der Waals surface area contributed by atoms with Gasteiger partial charge in [-0.05, 0) is 112 Å². The maximum Gasteiger partial charge on any atom is 0.257 e. The second-order valence-electron chi connectivity index (χ2n) is 18.7. The lowest BCUT2D eigenvalue weighted by molar-refractivity contribution is 0.671. The van der Waals surface area contributed by atoms with Crippen molar-refractivity contribution in [2.75, 3.05) is 14.7 Å². The quantitative estimate of drug-likeness (QED) is 0.149. The molecule has 0 atom stereocenters. The fraction of sp³-hybridized carbons (Fsp3) is 0. The third kappa shape index (κ3) is 6.12. The van der Waals surface area contributed by atoms with E-state index in [4.69, 9.17) is 4.42 Å². The molecule has 15 rings (SSSR count). The fourth-order valence-electron chi connectivity index (χ4n) is 11.8. The average molecular weight is 936 g/mol. The predicted molar refractivity (Wildman–Crippen MR) is 306 cm³/mol. The van der Waals surface area contributed by atoms with Crippen LogP contribution in [0.15, 0.2) is 259 Å². The van der Waals surface area contributed by atoms with Gasteiger partial charge in [-0.2, -0.15) is 0 Å². The van der Waals surface area contributed by atoms with Crippen LogP contribution in [0.3, 0.4) is 0 Å². The average Bonchev–Trinajstić information content (AvgIpc) is 4.03. The molecule has 72 heavy (non-hydrogen) atoms. The van der Waals surface area contributed by atoms with Crippen molar-refractivity contribution in [1.29, 1.82) is 0 Å². The van der Waals surface area contributed by atoms with E-state index in [1.807, 2.05) is 11.3 Å². The molecule has 6 heteroatoms. The number of hydrogen-bond acceptors (Lipinski definition) is 5. The summed E-state index contributed by atoms with van der Waals surface area (Å²) < 4.78 is 9.93. The van der Waals surface area contributed by atoms with Gasteiger partial charge in [0, 0.05) is 71.6 Å². The number of para-hydroxylation sites is 5. The van der Waals surface area contributed by atoms with Gasteiger partial charge >= 0.3 is 0 Å². The lowest BCUT2D eigenvalue weighted by Crippen LogP contribution is -2.61. The van der Waals surface area contributed by atoms with Gasteiger partial charge in [0.1, 0.15) is 11.2 Å². The molecule has 0 bridgehead atoms. The van der Waals surface area contributed by atoms with Gasteiger partial charge in [-0.15, -0.1) is 11.3 Å². The number of hydrogen-bond donors (Lipinski definition) is 0. The Morgan fingerprint density at radius 1 is 0.403 bits per heavy atom. The Kier molecular flexibility index (Phi) is 9.19. The van der Waals surface area contributed by atoms with Crippen molar-refractivity contribution in [3.05, 3.63) is 255 Å². The minimum Gasteiger partial charge on any atom is -0.456 e. The number of rotatable bonds is 7.